The zero-order valence-corrected chi connectivity index (χ0v) is 15.0. The molecule has 3 rings (SSSR count). The monoisotopic (exact) mass is 325 g/mol. The minimum atomic E-state index is 0.0679. The maximum absolute atomic E-state index is 12.4. The van der Waals surface area contributed by atoms with E-state index in [1.165, 1.54) is 16.7 Å². The van der Waals surface area contributed by atoms with Crippen molar-refractivity contribution >= 4 is 23.4 Å². The molecule has 3 heteroatoms. The minimum absolute atomic E-state index is 0.0679. The molecule has 120 valence electrons. The standard InChI is InChI=1S/C20H23NOS/c1-14-6-5-7-17(12-14)21-18(22)13-23-19(21)15-8-10-16(11-9-15)20(2,3)4/h5-12,19H,13H2,1-4H3/t19-/m0/s1. The number of anilines is 1. The van der Waals surface area contributed by atoms with E-state index in [1.807, 2.05) is 17.0 Å². The Morgan fingerprint density at radius 2 is 1.78 bits per heavy atom. The van der Waals surface area contributed by atoms with Crippen molar-refractivity contribution in [3.8, 4) is 0 Å². The van der Waals surface area contributed by atoms with Gasteiger partial charge in [0.25, 0.3) is 0 Å². The van der Waals surface area contributed by atoms with Gasteiger partial charge in [-0.15, -0.1) is 11.8 Å². The number of nitrogens with zero attached hydrogens (tertiary/aromatic N) is 1. The number of rotatable bonds is 2. The summed E-state index contributed by atoms with van der Waals surface area (Å²) in [4.78, 5) is 14.3. The van der Waals surface area contributed by atoms with E-state index in [9.17, 15) is 4.79 Å². The van der Waals surface area contributed by atoms with Crippen molar-refractivity contribution in [2.75, 3.05) is 10.7 Å². The summed E-state index contributed by atoms with van der Waals surface area (Å²) >= 11 is 1.70. The fourth-order valence-electron chi connectivity index (χ4n) is 2.88. The Labute approximate surface area is 142 Å². The number of amides is 1. The Morgan fingerprint density at radius 1 is 1.09 bits per heavy atom. The number of benzene rings is 2. The summed E-state index contributed by atoms with van der Waals surface area (Å²) in [5, 5.41) is 0.0679. The van der Waals surface area contributed by atoms with Crippen LogP contribution in [0.1, 0.15) is 42.8 Å². The molecule has 1 saturated heterocycles. The number of hydrogen-bond donors (Lipinski definition) is 0. The molecule has 1 fully saturated rings. The molecular weight excluding hydrogens is 302 g/mol. The van der Waals surface area contributed by atoms with Crippen molar-refractivity contribution in [3.63, 3.8) is 0 Å². The second kappa shape index (κ2) is 6.04. The molecule has 2 aromatic carbocycles. The quantitative estimate of drug-likeness (QED) is 0.768. The molecule has 1 heterocycles. The lowest BCUT2D eigenvalue weighted by Crippen LogP contribution is -2.27. The van der Waals surface area contributed by atoms with E-state index in [4.69, 9.17) is 0 Å². The second-order valence-electron chi connectivity index (χ2n) is 7.14. The Balaban J connectivity index is 1.93. The molecule has 0 aromatic heterocycles. The molecule has 23 heavy (non-hydrogen) atoms. The molecule has 1 amide bonds. The van der Waals surface area contributed by atoms with E-state index in [0.29, 0.717) is 5.75 Å². The van der Waals surface area contributed by atoms with Gasteiger partial charge in [0, 0.05) is 5.69 Å². The lowest BCUT2D eigenvalue weighted by atomic mass is 9.86. The maximum atomic E-state index is 12.4. The summed E-state index contributed by atoms with van der Waals surface area (Å²) in [6.45, 7) is 8.71. The largest absolute Gasteiger partial charge is 0.295 e. The van der Waals surface area contributed by atoms with Crippen LogP contribution in [-0.4, -0.2) is 11.7 Å². The molecule has 0 aliphatic carbocycles. The summed E-state index contributed by atoms with van der Waals surface area (Å²) in [6.07, 6.45) is 0. The van der Waals surface area contributed by atoms with Gasteiger partial charge < -0.3 is 0 Å². The van der Waals surface area contributed by atoms with Crippen LogP contribution in [-0.2, 0) is 10.2 Å². The van der Waals surface area contributed by atoms with Gasteiger partial charge >= 0.3 is 0 Å². The third-order valence-electron chi connectivity index (χ3n) is 4.21. The highest BCUT2D eigenvalue weighted by Crippen LogP contribution is 2.42. The molecule has 0 bridgehead atoms. The number of carbonyl (C=O) groups excluding carboxylic acids is 1. The molecule has 2 aromatic rings. The van der Waals surface area contributed by atoms with Crippen molar-refractivity contribution in [3.05, 3.63) is 65.2 Å². The van der Waals surface area contributed by atoms with E-state index in [-0.39, 0.29) is 16.7 Å². The summed E-state index contributed by atoms with van der Waals surface area (Å²) in [5.41, 5.74) is 4.82. The van der Waals surface area contributed by atoms with Gasteiger partial charge in [-0.05, 0) is 41.2 Å². The van der Waals surface area contributed by atoms with Crippen LogP contribution >= 0.6 is 11.8 Å². The Bertz CT molecular complexity index is 715. The topological polar surface area (TPSA) is 20.3 Å². The fourth-order valence-corrected chi connectivity index (χ4v) is 4.05. The Kier molecular flexibility index (Phi) is 4.24. The molecule has 0 spiro atoms. The number of thioether (sulfide) groups is 1. The van der Waals surface area contributed by atoms with Crippen LogP contribution in [0.2, 0.25) is 0 Å². The molecule has 1 atom stereocenters. The van der Waals surface area contributed by atoms with Gasteiger partial charge in [-0.3, -0.25) is 9.69 Å². The molecular formula is C20H23NOS. The van der Waals surface area contributed by atoms with Gasteiger partial charge in [-0.1, -0.05) is 57.2 Å². The predicted molar refractivity (Wildman–Crippen MR) is 99.0 cm³/mol. The SMILES string of the molecule is Cc1cccc(N2C(=O)CS[C@H]2c2ccc(C(C)(C)C)cc2)c1. The van der Waals surface area contributed by atoms with E-state index >= 15 is 0 Å². The molecule has 1 aliphatic heterocycles. The summed E-state index contributed by atoms with van der Waals surface area (Å²) in [6, 6.07) is 16.9. The Hall–Kier alpha value is -1.74. The van der Waals surface area contributed by atoms with Crippen LogP contribution in [0.25, 0.3) is 0 Å². The smallest absolute Gasteiger partial charge is 0.238 e. The highest BCUT2D eigenvalue weighted by molar-refractivity contribution is 8.00. The molecule has 2 nitrogen and oxygen atoms in total. The highest BCUT2D eigenvalue weighted by Gasteiger charge is 2.34. The molecule has 0 saturated carbocycles. The van der Waals surface area contributed by atoms with E-state index in [1.54, 1.807) is 11.8 Å². The first-order chi connectivity index (χ1) is 10.9. The number of carbonyl (C=O) groups is 1. The zero-order valence-electron chi connectivity index (χ0n) is 14.2. The van der Waals surface area contributed by atoms with Crippen LogP contribution < -0.4 is 4.90 Å². The van der Waals surface area contributed by atoms with Crippen molar-refractivity contribution in [1.29, 1.82) is 0 Å². The third kappa shape index (κ3) is 3.30. The molecule has 1 aliphatic rings. The number of aryl methyl sites for hydroxylation is 1. The molecule has 0 unspecified atom stereocenters. The number of hydrogen-bond acceptors (Lipinski definition) is 2. The fraction of sp³-hybridized carbons (Fsp3) is 0.350. The van der Waals surface area contributed by atoms with E-state index in [2.05, 4.69) is 64.1 Å². The van der Waals surface area contributed by atoms with Gasteiger partial charge in [0.2, 0.25) is 5.91 Å². The summed E-state index contributed by atoms with van der Waals surface area (Å²) < 4.78 is 0. The van der Waals surface area contributed by atoms with E-state index in [0.717, 1.165) is 5.69 Å². The maximum Gasteiger partial charge on any atom is 0.238 e. The minimum Gasteiger partial charge on any atom is -0.295 e. The third-order valence-corrected chi connectivity index (χ3v) is 5.42. The Morgan fingerprint density at radius 3 is 2.39 bits per heavy atom. The molecule has 0 N–H and O–H groups in total. The highest BCUT2D eigenvalue weighted by atomic mass is 32.2. The van der Waals surface area contributed by atoms with E-state index < -0.39 is 0 Å². The normalized spacial score (nSPS) is 18.5. The van der Waals surface area contributed by atoms with Crippen LogP contribution in [0.5, 0.6) is 0 Å². The lowest BCUT2D eigenvalue weighted by molar-refractivity contribution is -0.115. The average molecular weight is 325 g/mol. The first-order valence-electron chi connectivity index (χ1n) is 7.97. The van der Waals surface area contributed by atoms with Crippen LogP contribution in [0.15, 0.2) is 48.5 Å². The first kappa shape index (κ1) is 16.1. The zero-order chi connectivity index (χ0) is 16.6. The van der Waals surface area contributed by atoms with Gasteiger partial charge in [-0.2, -0.15) is 0 Å². The van der Waals surface area contributed by atoms with Gasteiger partial charge in [0.1, 0.15) is 5.37 Å². The van der Waals surface area contributed by atoms with Crippen molar-refractivity contribution in [1.82, 2.24) is 0 Å². The van der Waals surface area contributed by atoms with Gasteiger partial charge in [0.05, 0.1) is 5.75 Å². The lowest BCUT2D eigenvalue weighted by Gasteiger charge is -2.26. The summed E-state index contributed by atoms with van der Waals surface area (Å²) in [5.74, 6) is 0.727. The van der Waals surface area contributed by atoms with Gasteiger partial charge in [-0.25, -0.2) is 0 Å². The molecule has 0 radical (unpaired) electrons. The van der Waals surface area contributed by atoms with Crippen molar-refractivity contribution in [2.24, 2.45) is 0 Å². The predicted octanol–water partition coefficient (Wildman–Crippen LogP) is 5.07. The van der Waals surface area contributed by atoms with Crippen LogP contribution in [0.4, 0.5) is 5.69 Å². The second-order valence-corrected chi connectivity index (χ2v) is 8.21. The van der Waals surface area contributed by atoms with Crippen molar-refractivity contribution in [2.45, 2.75) is 38.5 Å². The first-order valence-corrected chi connectivity index (χ1v) is 9.02. The van der Waals surface area contributed by atoms with Crippen LogP contribution in [0, 0.1) is 6.92 Å². The van der Waals surface area contributed by atoms with Crippen LogP contribution in [0.3, 0.4) is 0 Å². The van der Waals surface area contributed by atoms with Crippen molar-refractivity contribution < 1.29 is 4.79 Å². The average Bonchev–Trinajstić information content (AvgIpc) is 2.88. The van der Waals surface area contributed by atoms with Gasteiger partial charge in [0.15, 0.2) is 0 Å². The summed E-state index contributed by atoms with van der Waals surface area (Å²) in [7, 11) is 0.